The maximum Gasteiger partial charge on any atom is 0.254 e. The molecule has 0 radical (unpaired) electrons. The van der Waals surface area contributed by atoms with Crippen LogP contribution in [0.2, 0.25) is 5.02 Å². The second kappa shape index (κ2) is 7.57. The lowest BCUT2D eigenvalue weighted by Crippen LogP contribution is -2.37. The van der Waals surface area contributed by atoms with E-state index in [1.165, 1.54) is 6.92 Å². The molecule has 1 heterocycles. The van der Waals surface area contributed by atoms with Gasteiger partial charge >= 0.3 is 0 Å². The second-order valence-corrected chi connectivity index (χ2v) is 6.28. The molecule has 0 aliphatic carbocycles. The normalized spacial score (nSPS) is 15.8. The Bertz CT molecular complexity index is 779. The van der Waals surface area contributed by atoms with Gasteiger partial charge in [-0.15, -0.1) is 0 Å². The van der Waals surface area contributed by atoms with Crippen LogP contribution in [0.3, 0.4) is 0 Å². The van der Waals surface area contributed by atoms with Crippen molar-refractivity contribution < 1.29 is 14.3 Å². The van der Waals surface area contributed by atoms with Crippen LogP contribution < -0.4 is 15.0 Å². The van der Waals surface area contributed by atoms with Crippen molar-refractivity contribution in [2.45, 2.75) is 19.4 Å². The van der Waals surface area contributed by atoms with Crippen LogP contribution in [0.25, 0.3) is 0 Å². The van der Waals surface area contributed by atoms with Crippen LogP contribution >= 0.6 is 11.6 Å². The molecule has 130 valence electrons. The fourth-order valence-corrected chi connectivity index (χ4v) is 3.09. The molecule has 3 rings (SSSR count). The molecule has 0 spiro atoms. The predicted octanol–water partition coefficient (Wildman–Crippen LogP) is 3.33. The van der Waals surface area contributed by atoms with Gasteiger partial charge in [0.2, 0.25) is 5.91 Å². The highest BCUT2D eigenvalue weighted by molar-refractivity contribution is 6.31. The van der Waals surface area contributed by atoms with E-state index in [0.717, 1.165) is 17.0 Å². The van der Waals surface area contributed by atoms with E-state index in [4.69, 9.17) is 16.3 Å². The van der Waals surface area contributed by atoms with Gasteiger partial charge in [-0.3, -0.25) is 9.59 Å². The third-order valence-corrected chi connectivity index (χ3v) is 4.23. The Hall–Kier alpha value is -2.53. The molecule has 1 N–H and O–H groups in total. The number of rotatable bonds is 6. The zero-order valence-corrected chi connectivity index (χ0v) is 14.6. The fraction of sp³-hybridized carbons (Fsp3) is 0.263. The largest absolute Gasteiger partial charge is 0.494 e. The van der Waals surface area contributed by atoms with Crippen LogP contribution in [-0.2, 0) is 9.59 Å². The minimum atomic E-state index is -0.679. The summed E-state index contributed by atoms with van der Waals surface area (Å²) in [4.78, 5) is 25.8. The van der Waals surface area contributed by atoms with Gasteiger partial charge in [-0.05, 0) is 36.8 Å². The molecule has 0 unspecified atom stereocenters. The molecule has 0 saturated carbocycles. The molecular formula is C19H19ClN2O3. The summed E-state index contributed by atoms with van der Waals surface area (Å²) >= 11 is 6.05. The molecule has 6 heteroatoms. The lowest BCUT2D eigenvalue weighted by Gasteiger charge is -2.18. The minimum Gasteiger partial charge on any atom is -0.494 e. The number of carbonyl (C=O) groups excluding carboxylic acids is 2. The average Bonchev–Trinajstić information content (AvgIpc) is 2.84. The summed E-state index contributed by atoms with van der Waals surface area (Å²) in [6, 6.07) is 14.2. The number of halogens is 1. The number of para-hydroxylation sites is 1. The van der Waals surface area contributed by atoms with Crippen LogP contribution in [0.4, 0.5) is 5.69 Å². The number of fused-ring (bicyclic) bond motifs is 1. The van der Waals surface area contributed by atoms with Crippen LogP contribution in [-0.4, -0.2) is 25.0 Å². The third-order valence-electron chi connectivity index (χ3n) is 3.99. The van der Waals surface area contributed by atoms with E-state index in [0.29, 0.717) is 24.6 Å². The standard InChI is InChI=1S/C19H19ClN2O3/c1-13(23)21-18-16-12-14(20)8-9-17(16)22(19(18)24)10-5-11-25-15-6-3-2-4-7-15/h2-4,6-9,12,18H,5,10-11H2,1H3,(H,21,23)/t18-/m1/s1. The van der Waals surface area contributed by atoms with E-state index < -0.39 is 6.04 Å². The van der Waals surface area contributed by atoms with E-state index in [1.807, 2.05) is 36.4 Å². The smallest absolute Gasteiger partial charge is 0.254 e. The number of amides is 2. The van der Waals surface area contributed by atoms with Gasteiger partial charge in [0.05, 0.1) is 6.61 Å². The predicted molar refractivity (Wildman–Crippen MR) is 96.9 cm³/mol. The number of benzene rings is 2. The number of hydrogen-bond donors (Lipinski definition) is 1. The van der Waals surface area contributed by atoms with Crippen LogP contribution in [0.15, 0.2) is 48.5 Å². The SMILES string of the molecule is CC(=O)N[C@H]1C(=O)N(CCCOc2ccccc2)c2ccc(Cl)cc21. The van der Waals surface area contributed by atoms with Gasteiger partial charge in [-0.1, -0.05) is 29.8 Å². The lowest BCUT2D eigenvalue weighted by atomic mass is 10.1. The van der Waals surface area contributed by atoms with Gasteiger partial charge in [0, 0.05) is 29.7 Å². The third kappa shape index (κ3) is 3.94. The summed E-state index contributed by atoms with van der Waals surface area (Å²) in [5, 5.41) is 3.24. The first-order valence-electron chi connectivity index (χ1n) is 8.12. The summed E-state index contributed by atoms with van der Waals surface area (Å²) in [5.74, 6) is 0.407. The topological polar surface area (TPSA) is 58.6 Å². The highest BCUT2D eigenvalue weighted by Crippen LogP contribution is 2.37. The van der Waals surface area contributed by atoms with Crippen molar-refractivity contribution in [3.05, 3.63) is 59.1 Å². The second-order valence-electron chi connectivity index (χ2n) is 5.84. The van der Waals surface area contributed by atoms with Gasteiger partial charge in [0.1, 0.15) is 11.8 Å². The molecular weight excluding hydrogens is 340 g/mol. The molecule has 25 heavy (non-hydrogen) atoms. The van der Waals surface area contributed by atoms with Gasteiger partial charge in [-0.2, -0.15) is 0 Å². The Labute approximate surface area is 151 Å². The van der Waals surface area contributed by atoms with Crippen LogP contribution in [0.5, 0.6) is 5.75 Å². The number of nitrogens with one attached hydrogen (secondary N) is 1. The molecule has 1 aliphatic heterocycles. The Morgan fingerprint density at radius 3 is 2.72 bits per heavy atom. The van der Waals surface area contributed by atoms with E-state index in [2.05, 4.69) is 5.32 Å². The summed E-state index contributed by atoms with van der Waals surface area (Å²) in [6.45, 7) is 2.41. The van der Waals surface area contributed by atoms with E-state index >= 15 is 0 Å². The first-order valence-corrected chi connectivity index (χ1v) is 8.50. The molecule has 0 fully saturated rings. The van der Waals surface area contributed by atoms with Crippen molar-refractivity contribution in [3.63, 3.8) is 0 Å². The molecule has 0 saturated heterocycles. The van der Waals surface area contributed by atoms with E-state index in [-0.39, 0.29) is 11.8 Å². The molecule has 0 aromatic heterocycles. The van der Waals surface area contributed by atoms with Gasteiger partial charge < -0.3 is 15.0 Å². The van der Waals surface area contributed by atoms with E-state index in [9.17, 15) is 9.59 Å². The maximum atomic E-state index is 12.7. The molecule has 2 aromatic carbocycles. The van der Waals surface area contributed by atoms with Gasteiger partial charge in [-0.25, -0.2) is 0 Å². The lowest BCUT2D eigenvalue weighted by molar-refractivity contribution is -0.126. The Morgan fingerprint density at radius 1 is 1.24 bits per heavy atom. The van der Waals surface area contributed by atoms with Crippen LogP contribution in [0, 0.1) is 0 Å². The monoisotopic (exact) mass is 358 g/mol. The number of ether oxygens (including phenoxy) is 1. The summed E-state index contributed by atoms with van der Waals surface area (Å²) < 4.78 is 5.67. The van der Waals surface area contributed by atoms with Crippen molar-refractivity contribution in [1.82, 2.24) is 5.32 Å². The quantitative estimate of drug-likeness (QED) is 0.806. The molecule has 0 bridgehead atoms. The number of anilines is 1. The molecule has 1 aliphatic rings. The highest BCUT2D eigenvalue weighted by Gasteiger charge is 2.37. The van der Waals surface area contributed by atoms with Crippen LogP contribution in [0.1, 0.15) is 24.9 Å². The molecule has 5 nitrogen and oxygen atoms in total. The maximum absolute atomic E-state index is 12.7. The zero-order valence-electron chi connectivity index (χ0n) is 13.9. The minimum absolute atomic E-state index is 0.146. The van der Waals surface area contributed by atoms with Crippen molar-refractivity contribution in [2.24, 2.45) is 0 Å². The zero-order chi connectivity index (χ0) is 17.8. The van der Waals surface area contributed by atoms with Gasteiger partial charge in [0.15, 0.2) is 0 Å². The summed E-state index contributed by atoms with van der Waals surface area (Å²) in [7, 11) is 0. The Morgan fingerprint density at radius 2 is 2.00 bits per heavy atom. The summed E-state index contributed by atoms with van der Waals surface area (Å²) in [5.41, 5.74) is 1.52. The molecule has 2 aromatic rings. The Balaban J connectivity index is 1.67. The fourth-order valence-electron chi connectivity index (χ4n) is 2.91. The summed E-state index contributed by atoms with van der Waals surface area (Å²) in [6.07, 6.45) is 0.676. The Kier molecular flexibility index (Phi) is 5.24. The van der Waals surface area contributed by atoms with Crippen molar-refractivity contribution in [1.29, 1.82) is 0 Å². The van der Waals surface area contributed by atoms with Crippen molar-refractivity contribution in [3.8, 4) is 5.75 Å². The van der Waals surface area contributed by atoms with E-state index in [1.54, 1.807) is 17.0 Å². The van der Waals surface area contributed by atoms with Crippen molar-refractivity contribution in [2.75, 3.05) is 18.1 Å². The first-order chi connectivity index (χ1) is 12.1. The highest BCUT2D eigenvalue weighted by atomic mass is 35.5. The molecule has 1 atom stereocenters. The number of hydrogen-bond acceptors (Lipinski definition) is 3. The first kappa shape index (κ1) is 17.3. The van der Waals surface area contributed by atoms with Gasteiger partial charge in [0.25, 0.3) is 5.91 Å². The van der Waals surface area contributed by atoms with Crippen molar-refractivity contribution >= 4 is 29.1 Å². The molecule has 2 amide bonds. The number of carbonyl (C=O) groups is 2. The number of nitrogens with zero attached hydrogens (tertiary/aromatic N) is 1. The average molecular weight is 359 g/mol.